The first-order chi connectivity index (χ1) is 15.3. The highest BCUT2D eigenvalue weighted by atomic mass is 35.5. The number of amides is 1. The molecule has 1 aromatic carbocycles. The van der Waals surface area contributed by atoms with Crippen molar-refractivity contribution in [1.29, 1.82) is 0 Å². The van der Waals surface area contributed by atoms with Gasteiger partial charge in [0.05, 0.1) is 11.7 Å². The topological polar surface area (TPSA) is 68.2 Å². The molecule has 1 saturated heterocycles. The second-order valence-corrected chi connectivity index (χ2v) is 8.69. The van der Waals surface area contributed by atoms with Crippen molar-refractivity contribution < 1.29 is 9.53 Å². The molecule has 6 nitrogen and oxygen atoms in total. The minimum atomic E-state index is -0.107. The molecule has 1 aliphatic heterocycles. The largest absolute Gasteiger partial charge is 0.484 e. The summed E-state index contributed by atoms with van der Waals surface area (Å²) in [6, 6.07) is 5.59. The zero-order valence-corrected chi connectivity index (χ0v) is 19.6. The van der Waals surface area contributed by atoms with Crippen LogP contribution in [0.1, 0.15) is 47.1 Å². The Morgan fingerprint density at radius 3 is 2.59 bits per heavy atom. The first-order valence-electron chi connectivity index (χ1n) is 10.8. The minimum Gasteiger partial charge on any atom is -0.484 e. The Bertz CT molecular complexity index is 1140. The minimum absolute atomic E-state index is 0.0231. The van der Waals surface area contributed by atoms with Crippen LogP contribution in [0.2, 0.25) is 5.02 Å². The Labute approximate surface area is 193 Å². The maximum absolute atomic E-state index is 13.2. The molecule has 1 amide bonds. The quantitative estimate of drug-likeness (QED) is 0.536. The maximum Gasteiger partial charge on any atom is 0.261 e. The second-order valence-electron chi connectivity index (χ2n) is 8.31. The number of rotatable bonds is 5. The van der Waals surface area contributed by atoms with Crippen LogP contribution in [0.5, 0.6) is 5.75 Å². The van der Waals surface area contributed by atoms with E-state index in [0.29, 0.717) is 18.1 Å². The number of carbonyl (C=O) groups is 1. The number of carbonyl (C=O) groups excluding carboxylic acids is 1. The lowest BCUT2D eigenvalue weighted by Gasteiger charge is -2.26. The molecule has 0 N–H and O–H groups in total. The Morgan fingerprint density at radius 1 is 1.12 bits per heavy atom. The van der Waals surface area contributed by atoms with Crippen LogP contribution in [0.4, 0.5) is 0 Å². The van der Waals surface area contributed by atoms with Gasteiger partial charge in [-0.2, -0.15) is 0 Å². The molecule has 0 bridgehead atoms. The lowest BCUT2D eigenvalue weighted by Crippen LogP contribution is -2.35. The molecule has 1 fully saturated rings. The molecule has 0 aliphatic carbocycles. The summed E-state index contributed by atoms with van der Waals surface area (Å²) < 4.78 is 5.85. The maximum atomic E-state index is 13.2. The van der Waals surface area contributed by atoms with E-state index in [0.717, 1.165) is 51.4 Å². The van der Waals surface area contributed by atoms with Gasteiger partial charge in [0.2, 0.25) is 0 Å². The normalized spacial score (nSPS) is 15.8. The van der Waals surface area contributed by atoms with Crippen molar-refractivity contribution in [2.45, 2.75) is 46.6 Å². The molecule has 1 atom stereocenters. The highest BCUT2D eigenvalue weighted by Crippen LogP contribution is 2.37. The van der Waals surface area contributed by atoms with E-state index in [1.165, 1.54) is 0 Å². The van der Waals surface area contributed by atoms with E-state index in [-0.39, 0.29) is 18.6 Å². The fourth-order valence-electron chi connectivity index (χ4n) is 4.29. The monoisotopic (exact) mass is 450 g/mol. The van der Waals surface area contributed by atoms with Crippen molar-refractivity contribution in [3.8, 4) is 16.9 Å². The zero-order valence-electron chi connectivity index (χ0n) is 18.9. The van der Waals surface area contributed by atoms with Crippen LogP contribution in [0.25, 0.3) is 11.1 Å². The fraction of sp³-hybridized carbons (Fsp3) is 0.360. The molecule has 3 heterocycles. The number of benzene rings is 1. The third-order valence-electron chi connectivity index (χ3n) is 5.91. The van der Waals surface area contributed by atoms with Gasteiger partial charge in [-0.1, -0.05) is 11.6 Å². The second kappa shape index (κ2) is 9.25. The summed E-state index contributed by atoms with van der Waals surface area (Å²) >= 11 is 6.25. The van der Waals surface area contributed by atoms with Gasteiger partial charge in [-0.3, -0.25) is 9.78 Å². The molecule has 0 unspecified atom stereocenters. The molecule has 2 aromatic heterocycles. The van der Waals surface area contributed by atoms with E-state index >= 15 is 0 Å². The van der Waals surface area contributed by atoms with E-state index in [9.17, 15) is 4.79 Å². The Morgan fingerprint density at radius 2 is 1.88 bits per heavy atom. The van der Waals surface area contributed by atoms with Gasteiger partial charge in [0.25, 0.3) is 5.91 Å². The molecule has 3 aromatic rings. The van der Waals surface area contributed by atoms with E-state index in [2.05, 4.69) is 9.97 Å². The first-order valence-corrected chi connectivity index (χ1v) is 11.2. The van der Waals surface area contributed by atoms with Crippen molar-refractivity contribution >= 4 is 17.5 Å². The highest BCUT2D eigenvalue weighted by Gasteiger charge is 2.33. The average Bonchev–Trinajstić information content (AvgIpc) is 3.26. The van der Waals surface area contributed by atoms with Crippen molar-refractivity contribution in [3.05, 3.63) is 70.0 Å². The van der Waals surface area contributed by atoms with Gasteiger partial charge in [-0.15, -0.1) is 0 Å². The highest BCUT2D eigenvalue weighted by molar-refractivity contribution is 6.32. The van der Waals surface area contributed by atoms with Gasteiger partial charge in [0, 0.05) is 35.7 Å². The summed E-state index contributed by atoms with van der Waals surface area (Å²) in [7, 11) is 0. The number of aryl methyl sites for hydroxylation is 4. The number of aromatic nitrogens is 3. The SMILES string of the molecule is Cc1ncc(-c2ccncc2C)c([C@@H]2CCCN2C(=O)COc2cc(C)c(Cl)c(C)c2)n1. The Balaban J connectivity index is 1.58. The third kappa shape index (κ3) is 4.46. The number of hydrogen-bond donors (Lipinski definition) is 0. The zero-order chi connectivity index (χ0) is 22.8. The average molecular weight is 451 g/mol. The van der Waals surface area contributed by atoms with Gasteiger partial charge >= 0.3 is 0 Å². The van der Waals surface area contributed by atoms with Crippen molar-refractivity contribution in [2.75, 3.05) is 13.2 Å². The molecule has 32 heavy (non-hydrogen) atoms. The van der Waals surface area contributed by atoms with Crippen LogP contribution >= 0.6 is 11.6 Å². The van der Waals surface area contributed by atoms with E-state index < -0.39 is 0 Å². The van der Waals surface area contributed by atoms with E-state index in [1.807, 2.05) is 63.2 Å². The van der Waals surface area contributed by atoms with Crippen LogP contribution in [-0.4, -0.2) is 38.9 Å². The van der Waals surface area contributed by atoms with Crippen molar-refractivity contribution in [3.63, 3.8) is 0 Å². The van der Waals surface area contributed by atoms with Crippen molar-refractivity contribution in [2.24, 2.45) is 0 Å². The van der Waals surface area contributed by atoms with E-state index in [4.69, 9.17) is 21.3 Å². The van der Waals surface area contributed by atoms with Crippen LogP contribution < -0.4 is 4.74 Å². The molecule has 166 valence electrons. The van der Waals surface area contributed by atoms with Crippen LogP contribution in [0, 0.1) is 27.7 Å². The lowest BCUT2D eigenvalue weighted by molar-refractivity contribution is -0.134. The van der Waals surface area contributed by atoms with Gasteiger partial charge in [0.15, 0.2) is 6.61 Å². The van der Waals surface area contributed by atoms with Crippen molar-refractivity contribution in [1.82, 2.24) is 19.9 Å². The van der Waals surface area contributed by atoms with Crippen LogP contribution in [0.15, 0.2) is 36.8 Å². The Kier molecular flexibility index (Phi) is 6.42. The smallest absolute Gasteiger partial charge is 0.261 e. The third-order valence-corrected chi connectivity index (χ3v) is 6.51. The number of halogens is 1. The fourth-order valence-corrected chi connectivity index (χ4v) is 4.40. The van der Waals surface area contributed by atoms with Crippen LogP contribution in [-0.2, 0) is 4.79 Å². The molecular formula is C25H27ClN4O2. The first kappa shape index (κ1) is 22.2. The number of pyridine rings is 1. The molecule has 0 saturated carbocycles. The number of hydrogen-bond acceptors (Lipinski definition) is 5. The van der Waals surface area contributed by atoms with Gasteiger partial charge in [0.1, 0.15) is 11.6 Å². The molecule has 4 rings (SSSR count). The predicted octanol–water partition coefficient (Wildman–Crippen LogP) is 5.17. The van der Waals surface area contributed by atoms with Crippen LogP contribution in [0.3, 0.4) is 0 Å². The summed E-state index contributed by atoms with van der Waals surface area (Å²) in [4.78, 5) is 28.4. The molecule has 7 heteroatoms. The Hall–Kier alpha value is -2.99. The molecule has 0 radical (unpaired) electrons. The molecule has 1 aliphatic rings. The molecular weight excluding hydrogens is 424 g/mol. The molecule has 0 spiro atoms. The summed E-state index contributed by atoms with van der Waals surface area (Å²) in [6.07, 6.45) is 7.25. The summed E-state index contributed by atoms with van der Waals surface area (Å²) in [6.45, 7) is 8.42. The van der Waals surface area contributed by atoms with Gasteiger partial charge in [-0.25, -0.2) is 9.97 Å². The summed E-state index contributed by atoms with van der Waals surface area (Å²) in [5.74, 6) is 1.30. The lowest BCUT2D eigenvalue weighted by atomic mass is 9.97. The summed E-state index contributed by atoms with van der Waals surface area (Å²) in [5.41, 5.74) is 5.79. The standard InChI is InChI=1S/C25H27ClN4O2/c1-15-10-19(11-16(2)24(15)26)32-14-23(31)30-9-5-6-22(30)25-21(13-28-18(4)29-25)20-7-8-27-12-17(20)3/h7-8,10-13,22H,5-6,9,14H2,1-4H3/t22-/m0/s1. The van der Waals surface area contributed by atoms with E-state index in [1.54, 1.807) is 6.20 Å². The van der Waals surface area contributed by atoms with Gasteiger partial charge in [-0.05, 0) is 81.0 Å². The summed E-state index contributed by atoms with van der Waals surface area (Å²) in [5, 5.41) is 0.723. The predicted molar refractivity (Wildman–Crippen MR) is 125 cm³/mol. The van der Waals surface area contributed by atoms with Gasteiger partial charge < -0.3 is 9.64 Å². The number of ether oxygens (including phenoxy) is 1. The number of nitrogens with zero attached hydrogens (tertiary/aromatic N) is 4. The number of likely N-dealkylation sites (tertiary alicyclic amines) is 1.